The van der Waals surface area contributed by atoms with Crippen molar-refractivity contribution in [2.24, 2.45) is 16.8 Å². The summed E-state index contributed by atoms with van der Waals surface area (Å²) in [6, 6.07) is 15.3. The first-order valence-electron chi connectivity index (χ1n) is 9.44. The SMILES string of the molecule is CC1=NC2=CCCC(=O)[C@H]2[C@H](c2ccc(F)cc2)C1C(=O)Nc1ccccc1. The maximum atomic E-state index is 13.5. The molecule has 0 spiro atoms. The number of nitrogens with one attached hydrogen (secondary N) is 1. The normalized spacial score (nSPS) is 24.1. The average molecular weight is 376 g/mol. The van der Waals surface area contributed by atoms with Crippen molar-refractivity contribution in [2.45, 2.75) is 25.7 Å². The Morgan fingerprint density at radius 3 is 2.54 bits per heavy atom. The Labute approximate surface area is 163 Å². The van der Waals surface area contributed by atoms with E-state index >= 15 is 0 Å². The van der Waals surface area contributed by atoms with E-state index in [2.05, 4.69) is 10.3 Å². The van der Waals surface area contributed by atoms with Gasteiger partial charge in [-0.15, -0.1) is 0 Å². The van der Waals surface area contributed by atoms with Gasteiger partial charge in [0.2, 0.25) is 5.91 Å². The number of halogens is 1. The molecule has 5 heteroatoms. The summed E-state index contributed by atoms with van der Waals surface area (Å²) in [5.74, 6) is -1.95. The molecule has 2 aliphatic rings. The van der Waals surface area contributed by atoms with Gasteiger partial charge >= 0.3 is 0 Å². The van der Waals surface area contributed by atoms with Gasteiger partial charge in [-0.05, 0) is 43.2 Å². The van der Waals surface area contributed by atoms with Gasteiger partial charge in [-0.25, -0.2) is 4.39 Å². The predicted octanol–water partition coefficient (Wildman–Crippen LogP) is 4.50. The standard InChI is InChI=1S/C23H21FN2O2/c1-14-20(23(28)26-17-6-3-2-4-7-17)21(15-10-12-16(24)13-11-15)22-18(25-14)8-5-9-19(22)27/h2-4,6-8,10-13,20-22H,5,9H2,1H3,(H,26,28)/t20?,21-,22+/m1/s1. The second-order valence-corrected chi connectivity index (χ2v) is 7.28. The molecule has 4 nitrogen and oxygen atoms in total. The van der Waals surface area contributed by atoms with Crippen LogP contribution < -0.4 is 5.32 Å². The van der Waals surface area contributed by atoms with Crippen molar-refractivity contribution in [1.29, 1.82) is 0 Å². The predicted molar refractivity (Wildman–Crippen MR) is 107 cm³/mol. The number of carbonyl (C=O) groups excluding carboxylic acids is 2. The van der Waals surface area contributed by atoms with E-state index in [0.29, 0.717) is 24.2 Å². The number of aliphatic imine (C=N–C) groups is 1. The molecule has 4 rings (SSSR count). The Hall–Kier alpha value is -3.08. The van der Waals surface area contributed by atoms with Crippen LogP contribution in [0.4, 0.5) is 10.1 Å². The number of benzene rings is 2. The lowest BCUT2D eigenvalue weighted by molar-refractivity contribution is -0.124. The fourth-order valence-corrected chi connectivity index (χ4v) is 4.20. The zero-order valence-electron chi connectivity index (χ0n) is 15.6. The summed E-state index contributed by atoms with van der Waals surface area (Å²) >= 11 is 0. The molecule has 1 aliphatic heterocycles. The third kappa shape index (κ3) is 3.40. The van der Waals surface area contributed by atoms with Crippen molar-refractivity contribution >= 4 is 23.1 Å². The summed E-state index contributed by atoms with van der Waals surface area (Å²) in [6.45, 7) is 1.82. The topological polar surface area (TPSA) is 58.5 Å². The van der Waals surface area contributed by atoms with E-state index in [1.54, 1.807) is 12.1 Å². The largest absolute Gasteiger partial charge is 0.326 e. The fraction of sp³-hybridized carbons (Fsp3) is 0.261. The third-order valence-corrected chi connectivity index (χ3v) is 5.46. The number of hydrogen-bond acceptors (Lipinski definition) is 3. The van der Waals surface area contributed by atoms with Crippen LogP contribution in [-0.4, -0.2) is 17.4 Å². The Bertz CT molecular complexity index is 964. The zero-order chi connectivity index (χ0) is 19.7. The Kier molecular flexibility index (Phi) is 4.90. The molecule has 1 amide bonds. The molecule has 2 aromatic carbocycles. The number of ketones is 1. The lowest BCUT2D eigenvalue weighted by Gasteiger charge is -2.38. The minimum absolute atomic E-state index is 0.0839. The molecule has 1 N–H and O–H groups in total. The van der Waals surface area contributed by atoms with E-state index in [9.17, 15) is 14.0 Å². The molecule has 0 aromatic heterocycles. The van der Waals surface area contributed by atoms with E-state index in [4.69, 9.17) is 0 Å². The lowest BCUT2D eigenvalue weighted by Crippen LogP contribution is -2.43. The molecular weight excluding hydrogens is 355 g/mol. The van der Waals surface area contributed by atoms with Crippen LogP contribution in [0.25, 0.3) is 0 Å². The van der Waals surface area contributed by atoms with Gasteiger partial charge in [0.05, 0.1) is 11.8 Å². The van der Waals surface area contributed by atoms with Gasteiger partial charge in [0.25, 0.3) is 0 Å². The minimum Gasteiger partial charge on any atom is -0.326 e. The molecule has 2 aromatic rings. The summed E-state index contributed by atoms with van der Waals surface area (Å²) < 4.78 is 13.5. The number of para-hydroxylation sites is 1. The van der Waals surface area contributed by atoms with Gasteiger partial charge in [-0.1, -0.05) is 36.4 Å². The molecule has 0 bridgehead atoms. The Morgan fingerprint density at radius 2 is 1.82 bits per heavy atom. The first-order valence-corrected chi connectivity index (χ1v) is 9.44. The minimum atomic E-state index is -0.602. The van der Waals surface area contributed by atoms with Gasteiger partial charge in [0.15, 0.2) is 0 Å². The monoisotopic (exact) mass is 376 g/mol. The van der Waals surface area contributed by atoms with Crippen LogP contribution in [0.15, 0.2) is 71.4 Å². The number of rotatable bonds is 3. The van der Waals surface area contributed by atoms with Crippen molar-refractivity contribution in [1.82, 2.24) is 0 Å². The highest BCUT2D eigenvalue weighted by Crippen LogP contribution is 2.45. The molecule has 0 fully saturated rings. The Morgan fingerprint density at radius 1 is 1.11 bits per heavy atom. The van der Waals surface area contributed by atoms with E-state index < -0.39 is 17.8 Å². The Balaban J connectivity index is 1.78. The molecule has 3 atom stereocenters. The highest BCUT2D eigenvalue weighted by atomic mass is 19.1. The van der Waals surface area contributed by atoms with Crippen LogP contribution >= 0.6 is 0 Å². The highest BCUT2D eigenvalue weighted by Gasteiger charge is 2.46. The van der Waals surface area contributed by atoms with Crippen molar-refractivity contribution < 1.29 is 14.0 Å². The third-order valence-electron chi connectivity index (χ3n) is 5.46. The molecule has 1 aliphatic carbocycles. The molecular formula is C23H21FN2O2. The molecule has 0 saturated heterocycles. The summed E-state index contributed by atoms with van der Waals surface area (Å²) in [5, 5.41) is 2.94. The van der Waals surface area contributed by atoms with Crippen LogP contribution in [0.5, 0.6) is 0 Å². The number of anilines is 1. The quantitative estimate of drug-likeness (QED) is 0.857. The van der Waals surface area contributed by atoms with Crippen LogP contribution in [0.1, 0.15) is 31.2 Å². The van der Waals surface area contributed by atoms with Crippen LogP contribution in [0, 0.1) is 17.7 Å². The van der Waals surface area contributed by atoms with Crippen LogP contribution in [-0.2, 0) is 9.59 Å². The second-order valence-electron chi connectivity index (χ2n) is 7.28. The molecule has 28 heavy (non-hydrogen) atoms. The average Bonchev–Trinajstić information content (AvgIpc) is 2.68. The van der Waals surface area contributed by atoms with Crippen LogP contribution in [0.3, 0.4) is 0 Å². The number of Topliss-reactive ketones (excluding diaryl/α,β-unsaturated/α-hetero) is 1. The first kappa shape index (κ1) is 18.3. The van der Waals surface area contributed by atoms with E-state index in [1.807, 2.05) is 43.3 Å². The fourth-order valence-electron chi connectivity index (χ4n) is 4.20. The second kappa shape index (κ2) is 7.50. The van der Waals surface area contributed by atoms with Gasteiger partial charge in [-0.2, -0.15) is 0 Å². The number of carbonyl (C=O) groups is 2. The molecule has 0 saturated carbocycles. The maximum Gasteiger partial charge on any atom is 0.233 e. The number of hydrogen-bond donors (Lipinski definition) is 1. The number of allylic oxidation sites excluding steroid dienone is 2. The molecule has 1 heterocycles. The molecule has 1 unspecified atom stereocenters. The van der Waals surface area contributed by atoms with Crippen molar-refractivity contribution in [2.75, 3.05) is 5.32 Å². The summed E-state index contributed by atoms with van der Waals surface area (Å²) in [4.78, 5) is 30.6. The first-order chi connectivity index (χ1) is 13.5. The number of nitrogens with zero attached hydrogens (tertiary/aromatic N) is 1. The number of fused-ring (bicyclic) bond motifs is 1. The summed E-state index contributed by atoms with van der Waals surface area (Å²) in [7, 11) is 0. The van der Waals surface area contributed by atoms with Gasteiger partial charge < -0.3 is 5.32 Å². The van der Waals surface area contributed by atoms with E-state index in [1.165, 1.54) is 12.1 Å². The van der Waals surface area contributed by atoms with Gasteiger partial charge in [-0.3, -0.25) is 14.6 Å². The highest BCUT2D eigenvalue weighted by molar-refractivity contribution is 6.11. The smallest absolute Gasteiger partial charge is 0.233 e. The van der Waals surface area contributed by atoms with Crippen molar-refractivity contribution in [3.05, 3.63) is 77.8 Å². The zero-order valence-corrected chi connectivity index (χ0v) is 15.6. The van der Waals surface area contributed by atoms with Crippen molar-refractivity contribution in [3.8, 4) is 0 Å². The van der Waals surface area contributed by atoms with E-state index in [0.717, 1.165) is 11.3 Å². The molecule has 0 radical (unpaired) electrons. The number of amides is 1. The van der Waals surface area contributed by atoms with Gasteiger partial charge in [0.1, 0.15) is 11.6 Å². The summed E-state index contributed by atoms with van der Waals surface area (Å²) in [5.41, 5.74) is 2.86. The van der Waals surface area contributed by atoms with Gasteiger partial charge in [0, 0.05) is 29.4 Å². The van der Waals surface area contributed by atoms with Crippen molar-refractivity contribution in [3.63, 3.8) is 0 Å². The molecule has 142 valence electrons. The van der Waals surface area contributed by atoms with E-state index in [-0.39, 0.29) is 17.5 Å². The maximum absolute atomic E-state index is 13.5. The van der Waals surface area contributed by atoms with Crippen LogP contribution in [0.2, 0.25) is 0 Å². The summed E-state index contributed by atoms with van der Waals surface area (Å²) in [6.07, 6.45) is 3.09. The lowest BCUT2D eigenvalue weighted by atomic mass is 9.67.